The molecule has 1 heteroatoms. The van der Waals surface area contributed by atoms with Crippen molar-refractivity contribution in [2.24, 2.45) is 0 Å². The van der Waals surface area contributed by atoms with Crippen molar-refractivity contribution in [3.63, 3.8) is 0 Å². The number of hydrogen-bond acceptors (Lipinski definition) is 1. The van der Waals surface area contributed by atoms with Gasteiger partial charge in [-0.15, -0.1) is 0 Å². The van der Waals surface area contributed by atoms with Crippen molar-refractivity contribution < 1.29 is 5.11 Å². The third-order valence-electron chi connectivity index (χ3n) is 2.26. The lowest BCUT2D eigenvalue weighted by molar-refractivity contribution is 0.169. The Morgan fingerprint density at radius 2 is 2.08 bits per heavy atom. The molecule has 0 fully saturated rings. The minimum atomic E-state index is -0.281. The van der Waals surface area contributed by atoms with Gasteiger partial charge in [0.1, 0.15) is 0 Å². The van der Waals surface area contributed by atoms with Crippen molar-refractivity contribution in [3.05, 3.63) is 41.5 Å². The van der Waals surface area contributed by atoms with Crippen LogP contribution >= 0.6 is 0 Å². The molecule has 1 nitrogen and oxygen atoms in total. The van der Waals surface area contributed by atoms with E-state index < -0.39 is 0 Å². The standard InChI is InChI=1S/C11H12O/c12-11-8-4-2-6-9-5-1-3-7-10(9)11/h1-3,5-7,11-12H,4,8H2/t11-/m1/s1. The molecule has 0 aromatic heterocycles. The number of aliphatic hydroxyl groups is 1. The van der Waals surface area contributed by atoms with E-state index in [1.807, 2.05) is 24.3 Å². The molecule has 0 saturated carbocycles. The van der Waals surface area contributed by atoms with E-state index in [0.29, 0.717) is 0 Å². The van der Waals surface area contributed by atoms with Crippen molar-refractivity contribution in [2.45, 2.75) is 18.9 Å². The average Bonchev–Trinajstić information content (AvgIpc) is 2.29. The van der Waals surface area contributed by atoms with Gasteiger partial charge >= 0.3 is 0 Å². The molecule has 1 aliphatic carbocycles. The largest absolute Gasteiger partial charge is 0.388 e. The molecular weight excluding hydrogens is 148 g/mol. The first-order valence-corrected chi connectivity index (χ1v) is 4.31. The number of fused-ring (bicyclic) bond motifs is 1. The maximum absolute atomic E-state index is 9.70. The molecule has 1 aliphatic rings. The summed E-state index contributed by atoms with van der Waals surface area (Å²) in [5, 5.41) is 9.70. The van der Waals surface area contributed by atoms with Crippen molar-refractivity contribution in [1.82, 2.24) is 0 Å². The molecule has 1 aromatic carbocycles. The summed E-state index contributed by atoms with van der Waals surface area (Å²) in [5.74, 6) is 0. The quantitative estimate of drug-likeness (QED) is 0.618. The van der Waals surface area contributed by atoms with E-state index in [-0.39, 0.29) is 6.10 Å². The van der Waals surface area contributed by atoms with E-state index in [1.54, 1.807) is 0 Å². The first-order chi connectivity index (χ1) is 5.88. The molecule has 0 heterocycles. The molecule has 2 rings (SSSR count). The third-order valence-corrected chi connectivity index (χ3v) is 2.26. The van der Waals surface area contributed by atoms with Crippen molar-refractivity contribution in [3.8, 4) is 0 Å². The average molecular weight is 160 g/mol. The second-order valence-corrected chi connectivity index (χ2v) is 3.12. The summed E-state index contributed by atoms with van der Waals surface area (Å²) < 4.78 is 0. The van der Waals surface area contributed by atoms with E-state index in [0.717, 1.165) is 24.0 Å². The van der Waals surface area contributed by atoms with Gasteiger partial charge in [-0.3, -0.25) is 0 Å². The molecule has 0 spiro atoms. The summed E-state index contributed by atoms with van der Waals surface area (Å²) in [6.07, 6.45) is 5.74. The summed E-state index contributed by atoms with van der Waals surface area (Å²) in [4.78, 5) is 0. The summed E-state index contributed by atoms with van der Waals surface area (Å²) in [6.45, 7) is 0. The lowest BCUT2D eigenvalue weighted by atomic mass is 10.0. The van der Waals surface area contributed by atoms with Gasteiger partial charge in [0.15, 0.2) is 0 Å². The van der Waals surface area contributed by atoms with Crippen LogP contribution in [0.3, 0.4) is 0 Å². The molecule has 12 heavy (non-hydrogen) atoms. The van der Waals surface area contributed by atoms with Crippen LogP contribution in [0.15, 0.2) is 30.3 Å². The van der Waals surface area contributed by atoms with Crippen LogP contribution in [0.1, 0.15) is 30.1 Å². The smallest absolute Gasteiger partial charge is 0.0798 e. The highest BCUT2D eigenvalue weighted by molar-refractivity contribution is 5.55. The molecule has 1 atom stereocenters. The minimum absolute atomic E-state index is 0.281. The third kappa shape index (κ3) is 1.28. The zero-order chi connectivity index (χ0) is 8.39. The SMILES string of the molecule is O[C@@H]1CCC=Cc2ccccc21. The molecule has 0 aliphatic heterocycles. The van der Waals surface area contributed by atoms with Gasteiger partial charge < -0.3 is 5.11 Å². The van der Waals surface area contributed by atoms with E-state index in [4.69, 9.17) is 0 Å². The highest BCUT2D eigenvalue weighted by atomic mass is 16.3. The maximum Gasteiger partial charge on any atom is 0.0798 e. The lowest BCUT2D eigenvalue weighted by Gasteiger charge is -2.09. The molecule has 0 unspecified atom stereocenters. The second kappa shape index (κ2) is 3.11. The van der Waals surface area contributed by atoms with Crippen LogP contribution in [0.5, 0.6) is 0 Å². The van der Waals surface area contributed by atoms with Crippen molar-refractivity contribution >= 4 is 6.08 Å². The molecule has 1 aromatic rings. The Balaban J connectivity index is 2.49. The first kappa shape index (κ1) is 7.56. The van der Waals surface area contributed by atoms with E-state index >= 15 is 0 Å². The molecule has 1 N–H and O–H groups in total. The fourth-order valence-corrected chi connectivity index (χ4v) is 1.59. The van der Waals surface area contributed by atoms with Crippen LogP contribution in [0.25, 0.3) is 6.08 Å². The summed E-state index contributed by atoms with van der Waals surface area (Å²) in [5.41, 5.74) is 2.22. The van der Waals surface area contributed by atoms with Crippen LogP contribution in [0, 0.1) is 0 Å². The Morgan fingerprint density at radius 1 is 1.25 bits per heavy atom. The van der Waals surface area contributed by atoms with Crippen molar-refractivity contribution in [1.29, 1.82) is 0 Å². The fourth-order valence-electron chi connectivity index (χ4n) is 1.59. The van der Waals surface area contributed by atoms with Crippen LogP contribution in [0.2, 0.25) is 0 Å². The monoisotopic (exact) mass is 160 g/mol. The Kier molecular flexibility index (Phi) is 1.96. The van der Waals surface area contributed by atoms with Crippen molar-refractivity contribution in [2.75, 3.05) is 0 Å². The normalized spacial score (nSPS) is 21.6. The van der Waals surface area contributed by atoms with Gasteiger partial charge in [0.05, 0.1) is 6.10 Å². The van der Waals surface area contributed by atoms with Gasteiger partial charge in [-0.25, -0.2) is 0 Å². The Labute approximate surface area is 72.4 Å². The number of allylic oxidation sites excluding steroid dienone is 1. The highest BCUT2D eigenvalue weighted by Gasteiger charge is 2.11. The highest BCUT2D eigenvalue weighted by Crippen LogP contribution is 2.26. The van der Waals surface area contributed by atoms with E-state index in [2.05, 4.69) is 12.2 Å². The van der Waals surface area contributed by atoms with Gasteiger partial charge in [0, 0.05) is 0 Å². The Hall–Kier alpha value is -1.08. The van der Waals surface area contributed by atoms with Crippen LogP contribution in [-0.4, -0.2) is 5.11 Å². The van der Waals surface area contributed by atoms with E-state index in [1.165, 1.54) is 0 Å². The number of rotatable bonds is 0. The summed E-state index contributed by atoms with van der Waals surface area (Å²) in [6, 6.07) is 8.01. The second-order valence-electron chi connectivity index (χ2n) is 3.12. The zero-order valence-corrected chi connectivity index (χ0v) is 6.90. The number of hydrogen-bond donors (Lipinski definition) is 1. The Bertz CT molecular complexity index is 302. The lowest BCUT2D eigenvalue weighted by Crippen LogP contribution is -1.96. The van der Waals surface area contributed by atoms with Gasteiger partial charge in [-0.2, -0.15) is 0 Å². The van der Waals surface area contributed by atoms with Gasteiger partial charge in [0.25, 0.3) is 0 Å². The molecular formula is C11H12O. The summed E-state index contributed by atoms with van der Waals surface area (Å²) in [7, 11) is 0. The van der Waals surface area contributed by atoms with Crippen LogP contribution in [0.4, 0.5) is 0 Å². The predicted octanol–water partition coefficient (Wildman–Crippen LogP) is 2.53. The molecule has 0 saturated heterocycles. The maximum atomic E-state index is 9.70. The molecule has 62 valence electrons. The van der Waals surface area contributed by atoms with Gasteiger partial charge in [-0.1, -0.05) is 36.4 Å². The molecule has 0 bridgehead atoms. The Morgan fingerprint density at radius 3 is 3.00 bits per heavy atom. The molecule has 0 amide bonds. The van der Waals surface area contributed by atoms with Gasteiger partial charge in [-0.05, 0) is 24.0 Å². The topological polar surface area (TPSA) is 20.2 Å². The first-order valence-electron chi connectivity index (χ1n) is 4.31. The summed E-state index contributed by atoms with van der Waals surface area (Å²) >= 11 is 0. The minimum Gasteiger partial charge on any atom is -0.388 e. The van der Waals surface area contributed by atoms with Gasteiger partial charge in [0.2, 0.25) is 0 Å². The number of benzene rings is 1. The zero-order valence-electron chi connectivity index (χ0n) is 6.90. The predicted molar refractivity (Wildman–Crippen MR) is 49.7 cm³/mol. The molecule has 0 radical (unpaired) electrons. The fraction of sp³-hybridized carbons (Fsp3) is 0.273. The number of aliphatic hydroxyl groups excluding tert-OH is 1. The van der Waals surface area contributed by atoms with E-state index in [9.17, 15) is 5.11 Å². The van der Waals surface area contributed by atoms with Crippen LogP contribution in [-0.2, 0) is 0 Å². The van der Waals surface area contributed by atoms with Crippen LogP contribution < -0.4 is 0 Å².